The average Bonchev–Trinajstić information content (AvgIpc) is 2.08. The number of hydrogen-bond donors (Lipinski definition) is 1. The molecule has 0 aromatic carbocycles. The summed E-state index contributed by atoms with van der Waals surface area (Å²) in [7, 11) is 1.00. The third-order valence-corrected chi connectivity index (χ3v) is 1.14. The van der Waals surface area contributed by atoms with Crippen LogP contribution in [0.1, 0.15) is 53.9 Å². The molecular formula is C10H26O. The van der Waals surface area contributed by atoms with Crippen molar-refractivity contribution in [3.05, 3.63) is 0 Å². The number of aliphatic hydroxyl groups excluding tert-OH is 1. The summed E-state index contributed by atoms with van der Waals surface area (Å²) in [4.78, 5) is 0. The molecule has 0 aliphatic heterocycles. The van der Waals surface area contributed by atoms with E-state index in [2.05, 4.69) is 20.8 Å². The van der Waals surface area contributed by atoms with Crippen LogP contribution in [0.2, 0.25) is 0 Å². The van der Waals surface area contributed by atoms with E-state index in [4.69, 9.17) is 5.11 Å². The summed E-state index contributed by atoms with van der Waals surface area (Å²) in [5.41, 5.74) is 0. The van der Waals surface area contributed by atoms with E-state index in [1.165, 1.54) is 19.3 Å². The highest BCUT2D eigenvalue weighted by atomic mass is 16.2. The van der Waals surface area contributed by atoms with E-state index < -0.39 is 0 Å². The van der Waals surface area contributed by atoms with Gasteiger partial charge in [0.2, 0.25) is 0 Å². The molecule has 72 valence electrons. The van der Waals surface area contributed by atoms with Gasteiger partial charge in [-0.05, 0) is 5.92 Å². The molecule has 0 saturated heterocycles. The Kier molecular flexibility index (Phi) is 35.1. The smallest absolute Gasteiger partial charge is 0.0319 e. The largest absolute Gasteiger partial charge is 0.400 e. The Bertz CT molecular complexity index is 33.9. The first kappa shape index (κ1) is 17.2. The number of hydrogen-bond acceptors (Lipinski definition) is 1. The van der Waals surface area contributed by atoms with Crippen LogP contribution in [0.4, 0.5) is 0 Å². The Balaban J connectivity index is -0.000000138. The summed E-state index contributed by atoms with van der Waals surface area (Å²) < 4.78 is 0. The molecular weight excluding hydrogens is 136 g/mol. The predicted molar refractivity (Wildman–Crippen MR) is 53.9 cm³/mol. The van der Waals surface area contributed by atoms with Crippen LogP contribution in [0.15, 0.2) is 0 Å². The molecule has 11 heavy (non-hydrogen) atoms. The van der Waals surface area contributed by atoms with E-state index in [0.29, 0.717) is 0 Å². The summed E-state index contributed by atoms with van der Waals surface area (Å²) in [6, 6.07) is 0. The molecule has 0 aliphatic rings. The second kappa shape index (κ2) is 22.5. The fourth-order valence-corrected chi connectivity index (χ4v) is 0.612. The standard InChI is InChI=1S/C7H16.C2H6.CH4O/c1-4-5-6-7(2)3;2*1-2/h7H,4-6H2,1-3H3;1-2H3;2H,1H3. The van der Waals surface area contributed by atoms with Crippen LogP contribution < -0.4 is 0 Å². The molecule has 0 aliphatic carbocycles. The lowest BCUT2D eigenvalue weighted by atomic mass is 10.1. The van der Waals surface area contributed by atoms with Crippen molar-refractivity contribution in [3.8, 4) is 0 Å². The van der Waals surface area contributed by atoms with E-state index in [0.717, 1.165) is 13.0 Å². The van der Waals surface area contributed by atoms with Crippen molar-refractivity contribution in [1.29, 1.82) is 0 Å². The number of aliphatic hydroxyl groups is 1. The maximum atomic E-state index is 7.00. The van der Waals surface area contributed by atoms with E-state index in [-0.39, 0.29) is 0 Å². The van der Waals surface area contributed by atoms with Crippen LogP contribution in [0.5, 0.6) is 0 Å². The van der Waals surface area contributed by atoms with Crippen molar-refractivity contribution >= 4 is 0 Å². The second-order valence-corrected chi connectivity index (χ2v) is 2.54. The van der Waals surface area contributed by atoms with Crippen molar-refractivity contribution in [2.45, 2.75) is 53.9 Å². The zero-order valence-corrected chi connectivity index (χ0v) is 9.15. The van der Waals surface area contributed by atoms with Crippen LogP contribution in [-0.2, 0) is 0 Å². The first-order valence-electron chi connectivity index (χ1n) is 4.72. The molecule has 0 unspecified atom stereocenters. The highest BCUT2D eigenvalue weighted by molar-refractivity contribution is 4.42. The highest BCUT2D eigenvalue weighted by Crippen LogP contribution is 2.04. The summed E-state index contributed by atoms with van der Waals surface area (Å²) >= 11 is 0. The van der Waals surface area contributed by atoms with Crippen molar-refractivity contribution in [2.24, 2.45) is 5.92 Å². The van der Waals surface area contributed by atoms with Gasteiger partial charge in [-0.1, -0.05) is 53.9 Å². The SMILES string of the molecule is CC.CCCCC(C)C.CO. The summed E-state index contributed by atoms with van der Waals surface area (Å²) in [5, 5.41) is 7.00. The fraction of sp³-hybridized carbons (Fsp3) is 1.00. The molecule has 1 heteroatoms. The Hall–Kier alpha value is -0.0400. The molecule has 0 aromatic heterocycles. The Morgan fingerprint density at radius 1 is 1.09 bits per heavy atom. The van der Waals surface area contributed by atoms with E-state index in [1.54, 1.807) is 0 Å². The van der Waals surface area contributed by atoms with E-state index in [9.17, 15) is 0 Å². The predicted octanol–water partition coefficient (Wildman–Crippen LogP) is 3.47. The number of rotatable bonds is 3. The molecule has 0 saturated carbocycles. The third-order valence-electron chi connectivity index (χ3n) is 1.14. The van der Waals surface area contributed by atoms with Gasteiger partial charge in [-0.15, -0.1) is 0 Å². The van der Waals surface area contributed by atoms with Gasteiger partial charge in [0.05, 0.1) is 0 Å². The molecule has 0 radical (unpaired) electrons. The van der Waals surface area contributed by atoms with Crippen molar-refractivity contribution in [2.75, 3.05) is 7.11 Å². The summed E-state index contributed by atoms with van der Waals surface area (Å²) in [6.45, 7) is 10.8. The minimum atomic E-state index is 0.903. The van der Waals surface area contributed by atoms with Crippen LogP contribution in [-0.4, -0.2) is 12.2 Å². The molecule has 0 fully saturated rings. The highest BCUT2D eigenvalue weighted by Gasteiger charge is 1.88. The zero-order valence-electron chi connectivity index (χ0n) is 9.15. The maximum absolute atomic E-state index is 7.00. The lowest BCUT2D eigenvalue weighted by Gasteiger charge is -1.98. The van der Waals surface area contributed by atoms with Crippen molar-refractivity contribution in [3.63, 3.8) is 0 Å². The molecule has 1 nitrogen and oxygen atoms in total. The maximum Gasteiger partial charge on any atom is 0.0319 e. The van der Waals surface area contributed by atoms with Crippen molar-refractivity contribution < 1.29 is 5.11 Å². The van der Waals surface area contributed by atoms with Crippen LogP contribution in [0.3, 0.4) is 0 Å². The van der Waals surface area contributed by atoms with Gasteiger partial charge in [0.15, 0.2) is 0 Å². The van der Waals surface area contributed by atoms with E-state index in [1.807, 2.05) is 13.8 Å². The minimum Gasteiger partial charge on any atom is -0.400 e. The molecule has 0 bridgehead atoms. The van der Waals surface area contributed by atoms with Gasteiger partial charge in [0, 0.05) is 7.11 Å². The van der Waals surface area contributed by atoms with Crippen LogP contribution in [0, 0.1) is 5.92 Å². The van der Waals surface area contributed by atoms with E-state index >= 15 is 0 Å². The normalized spacial score (nSPS) is 7.64. The van der Waals surface area contributed by atoms with Gasteiger partial charge < -0.3 is 5.11 Å². The van der Waals surface area contributed by atoms with Gasteiger partial charge in [-0.2, -0.15) is 0 Å². The molecule has 0 spiro atoms. The quantitative estimate of drug-likeness (QED) is 0.673. The second-order valence-electron chi connectivity index (χ2n) is 2.54. The van der Waals surface area contributed by atoms with Crippen LogP contribution >= 0.6 is 0 Å². The molecule has 1 N–H and O–H groups in total. The first-order valence-corrected chi connectivity index (χ1v) is 4.72. The Morgan fingerprint density at radius 2 is 1.45 bits per heavy atom. The first-order chi connectivity index (χ1) is 5.27. The van der Waals surface area contributed by atoms with Gasteiger partial charge in [-0.3, -0.25) is 0 Å². The topological polar surface area (TPSA) is 20.2 Å². The third kappa shape index (κ3) is 40.2. The Labute approximate surface area is 72.8 Å². The monoisotopic (exact) mass is 162 g/mol. The van der Waals surface area contributed by atoms with Crippen LogP contribution in [0.25, 0.3) is 0 Å². The lowest BCUT2D eigenvalue weighted by Crippen LogP contribution is -1.83. The molecule has 0 atom stereocenters. The molecule has 0 amide bonds. The summed E-state index contributed by atoms with van der Waals surface area (Å²) in [6.07, 6.45) is 4.15. The molecule has 0 heterocycles. The fourth-order valence-electron chi connectivity index (χ4n) is 0.612. The van der Waals surface area contributed by atoms with Gasteiger partial charge >= 0.3 is 0 Å². The van der Waals surface area contributed by atoms with Crippen molar-refractivity contribution in [1.82, 2.24) is 0 Å². The minimum absolute atomic E-state index is 0.903. The average molecular weight is 162 g/mol. The molecule has 0 rings (SSSR count). The molecule has 0 aromatic rings. The Morgan fingerprint density at radius 3 is 1.55 bits per heavy atom. The van der Waals surface area contributed by atoms with Gasteiger partial charge in [0.25, 0.3) is 0 Å². The number of unbranched alkanes of at least 4 members (excludes halogenated alkanes) is 1. The lowest BCUT2D eigenvalue weighted by molar-refractivity contribution is 0.399. The summed E-state index contributed by atoms with van der Waals surface area (Å²) in [5.74, 6) is 0.903. The van der Waals surface area contributed by atoms with Gasteiger partial charge in [0.1, 0.15) is 0 Å². The zero-order chi connectivity index (χ0) is 9.70. The van der Waals surface area contributed by atoms with Gasteiger partial charge in [-0.25, -0.2) is 0 Å².